The predicted octanol–water partition coefficient (Wildman–Crippen LogP) is 7.94. The van der Waals surface area contributed by atoms with Crippen LogP contribution in [0.3, 0.4) is 0 Å². The van der Waals surface area contributed by atoms with Gasteiger partial charge in [0.2, 0.25) is 0 Å². The Morgan fingerprint density at radius 3 is 1.84 bits per heavy atom. The SMILES string of the molecule is CC(C)CCCCCCCC1CC(C(=O)O)CCC1(CCCCCCC(C)C)C(=O)O. The molecule has 1 aliphatic carbocycles. The molecule has 0 bridgehead atoms. The molecular weight excluding hydrogens is 388 g/mol. The van der Waals surface area contributed by atoms with Crippen molar-refractivity contribution in [2.45, 2.75) is 130 Å². The fourth-order valence-electron chi connectivity index (χ4n) is 5.48. The van der Waals surface area contributed by atoms with Gasteiger partial charge in [0.05, 0.1) is 11.3 Å². The van der Waals surface area contributed by atoms with Gasteiger partial charge < -0.3 is 10.2 Å². The van der Waals surface area contributed by atoms with Crippen molar-refractivity contribution in [1.82, 2.24) is 0 Å². The monoisotopic (exact) mass is 438 g/mol. The number of unbranched alkanes of at least 4 members (excludes halogenated alkanes) is 7. The largest absolute Gasteiger partial charge is 0.481 e. The van der Waals surface area contributed by atoms with Crippen molar-refractivity contribution in [1.29, 1.82) is 0 Å². The molecule has 182 valence electrons. The molecule has 2 N–H and O–H groups in total. The van der Waals surface area contributed by atoms with Crippen LogP contribution in [0.2, 0.25) is 0 Å². The summed E-state index contributed by atoms with van der Waals surface area (Å²) in [5, 5.41) is 19.8. The highest BCUT2D eigenvalue weighted by Gasteiger charge is 2.49. The number of hydrogen-bond acceptors (Lipinski definition) is 2. The van der Waals surface area contributed by atoms with Gasteiger partial charge in [-0.2, -0.15) is 0 Å². The fraction of sp³-hybridized carbons (Fsp3) is 0.926. The van der Waals surface area contributed by atoms with Crippen LogP contribution in [-0.4, -0.2) is 22.2 Å². The van der Waals surface area contributed by atoms with Crippen LogP contribution in [0.5, 0.6) is 0 Å². The second-order valence-corrected chi connectivity index (χ2v) is 11.1. The Balaban J connectivity index is 2.60. The third-order valence-electron chi connectivity index (χ3n) is 7.55. The van der Waals surface area contributed by atoms with Crippen molar-refractivity contribution in [2.75, 3.05) is 0 Å². The Bertz CT molecular complexity index is 513. The van der Waals surface area contributed by atoms with E-state index in [-0.39, 0.29) is 11.8 Å². The van der Waals surface area contributed by atoms with E-state index in [1.807, 2.05) is 0 Å². The Kier molecular flexibility index (Phi) is 13.4. The van der Waals surface area contributed by atoms with Crippen molar-refractivity contribution < 1.29 is 19.8 Å². The summed E-state index contributed by atoms with van der Waals surface area (Å²) < 4.78 is 0. The molecule has 4 nitrogen and oxygen atoms in total. The minimum atomic E-state index is -0.744. The van der Waals surface area contributed by atoms with Gasteiger partial charge in [-0.25, -0.2) is 0 Å². The molecule has 1 fully saturated rings. The Labute approximate surface area is 191 Å². The summed E-state index contributed by atoms with van der Waals surface area (Å²) >= 11 is 0. The molecule has 0 aromatic heterocycles. The first-order valence-corrected chi connectivity index (χ1v) is 13.1. The smallest absolute Gasteiger partial charge is 0.309 e. The van der Waals surface area contributed by atoms with Gasteiger partial charge in [0.15, 0.2) is 0 Å². The van der Waals surface area contributed by atoms with Gasteiger partial charge in [-0.1, -0.05) is 98.3 Å². The first-order valence-electron chi connectivity index (χ1n) is 13.1. The standard InChI is InChI=1S/C27H50O4/c1-21(2)14-10-6-5-7-12-16-24-20-23(25(28)29)17-19-27(24,26(30)31)18-13-9-8-11-15-22(3)4/h21-24H,5-20H2,1-4H3,(H,28,29)(H,30,31). The zero-order valence-electron chi connectivity index (χ0n) is 20.8. The van der Waals surface area contributed by atoms with Crippen LogP contribution in [-0.2, 0) is 9.59 Å². The minimum Gasteiger partial charge on any atom is -0.481 e. The molecule has 0 radical (unpaired) electrons. The number of aliphatic carboxylic acids is 2. The molecule has 0 saturated heterocycles. The van der Waals surface area contributed by atoms with E-state index in [1.54, 1.807) is 0 Å². The zero-order chi connectivity index (χ0) is 23.3. The van der Waals surface area contributed by atoms with Gasteiger partial charge >= 0.3 is 11.9 Å². The Morgan fingerprint density at radius 2 is 1.32 bits per heavy atom. The van der Waals surface area contributed by atoms with E-state index in [0.29, 0.717) is 19.3 Å². The first kappa shape index (κ1) is 28.0. The normalized spacial score (nSPS) is 24.1. The van der Waals surface area contributed by atoms with Crippen LogP contribution >= 0.6 is 0 Å². The molecule has 3 unspecified atom stereocenters. The molecule has 1 rings (SSSR count). The van der Waals surface area contributed by atoms with E-state index in [9.17, 15) is 19.8 Å². The predicted molar refractivity (Wildman–Crippen MR) is 128 cm³/mol. The highest BCUT2D eigenvalue weighted by Crippen LogP contribution is 2.49. The topological polar surface area (TPSA) is 74.6 Å². The third-order valence-corrected chi connectivity index (χ3v) is 7.55. The number of carboxylic acids is 2. The zero-order valence-corrected chi connectivity index (χ0v) is 20.8. The second kappa shape index (κ2) is 14.9. The molecule has 3 atom stereocenters. The van der Waals surface area contributed by atoms with Gasteiger partial charge in [0, 0.05) is 0 Å². The first-order chi connectivity index (χ1) is 14.7. The molecule has 4 heteroatoms. The molecule has 0 heterocycles. The van der Waals surface area contributed by atoms with Crippen LogP contribution in [0.1, 0.15) is 130 Å². The van der Waals surface area contributed by atoms with Crippen LogP contribution in [0.4, 0.5) is 0 Å². The number of rotatable bonds is 17. The lowest BCUT2D eigenvalue weighted by molar-refractivity contribution is -0.161. The molecule has 0 amide bonds. The average molecular weight is 439 g/mol. The molecule has 31 heavy (non-hydrogen) atoms. The molecule has 0 spiro atoms. The van der Waals surface area contributed by atoms with E-state index < -0.39 is 17.4 Å². The quantitative estimate of drug-likeness (QED) is 0.226. The summed E-state index contributed by atoms with van der Waals surface area (Å²) in [6.45, 7) is 9.01. The maximum atomic E-state index is 12.5. The van der Waals surface area contributed by atoms with Gasteiger partial charge in [-0.3, -0.25) is 9.59 Å². The van der Waals surface area contributed by atoms with E-state index in [0.717, 1.165) is 50.4 Å². The van der Waals surface area contributed by atoms with Crippen molar-refractivity contribution in [3.05, 3.63) is 0 Å². The van der Waals surface area contributed by atoms with Crippen LogP contribution < -0.4 is 0 Å². The lowest BCUT2D eigenvalue weighted by Crippen LogP contribution is -2.44. The number of hydrogen-bond donors (Lipinski definition) is 2. The molecular formula is C27H50O4. The highest BCUT2D eigenvalue weighted by molar-refractivity contribution is 5.76. The summed E-state index contributed by atoms with van der Waals surface area (Å²) in [5.41, 5.74) is -0.707. The molecule has 0 aromatic carbocycles. The van der Waals surface area contributed by atoms with Crippen molar-refractivity contribution >= 4 is 11.9 Å². The Hall–Kier alpha value is -1.06. The van der Waals surface area contributed by atoms with Crippen LogP contribution in [0.25, 0.3) is 0 Å². The van der Waals surface area contributed by atoms with E-state index >= 15 is 0 Å². The average Bonchev–Trinajstić information content (AvgIpc) is 2.69. The van der Waals surface area contributed by atoms with Crippen molar-refractivity contribution in [3.63, 3.8) is 0 Å². The molecule has 0 aromatic rings. The van der Waals surface area contributed by atoms with Gasteiger partial charge in [0.25, 0.3) is 0 Å². The Morgan fingerprint density at radius 1 is 0.806 bits per heavy atom. The summed E-state index contributed by atoms with van der Waals surface area (Å²) in [6, 6.07) is 0. The van der Waals surface area contributed by atoms with E-state index in [1.165, 1.54) is 44.9 Å². The van der Waals surface area contributed by atoms with Gasteiger partial charge in [-0.05, 0) is 49.9 Å². The van der Waals surface area contributed by atoms with Crippen molar-refractivity contribution in [2.24, 2.45) is 29.1 Å². The second-order valence-electron chi connectivity index (χ2n) is 11.1. The summed E-state index contributed by atoms with van der Waals surface area (Å²) in [6.07, 6.45) is 16.0. The number of carboxylic acid groups (broad SMARTS) is 2. The van der Waals surface area contributed by atoms with E-state index in [2.05, 4.69) is 27.7 Å². The fourth-order valence-corrected chi connectivity index (χ4v) is 5.48. The maximum absolute atomic E-state index is 12.5. The summed E-state index contributed by atoms with van der Waals surface area (Å²) in [7, 11) is 0. The molecule has 1 saturated carbocycles. The van der Waals surface area contributed by atoms with Crippen LogP contribution in [0, 0.1) is 29.1 Å². The van der Waals surface area contributed by atoms with Crippen molar-refractivity contribution in [3.8, 4) is 0 Å². The molecule has 0 aliphatic heterocycles. The maximum Gasteiger partial charge on any atom is 0.309 e. The third kappa shape index (κ3) is 10.4. The number of carbonyl (C=O) groups is 2. The summed E-state index contributed by atoms with van der Waals surface area (Å²) in [5.74, 6) is -0.296. The van der Waals surface area contributed by atoms with Crippen LogP contribution in [0.15, 0.2) is 0 Å². The highest BCUT2D eigenvalue weighted by atomic mass is 16.4. The lowest BCUT2D eigenvalue weighted by atomic mass is 9.59. The lowest BCUT2D eigenvalue weighted by Gasteiger charge is -2.43. The summed E-state index contributed by atoms with van der Waals surface area (Å²) in [4.78, 5) is 24.1. The van der Waals surface area contributed by atoms with E-state index in [4.69, 9.17) is 0 Å². The van der Waals surface area contributed by atoms with Gasteiger partial charge in [0.1, 0.15) is 0 Å². The minimum absolute atomic E-state index is 0.00572. The molecule has 1 aliphatic rings. The van der Waals surface area contributed by atoms with Gasteiger partial charge in [-0.15, -0.1) is 0 Å².